The summed E-state index contributed by atoms with van der Waals surface area (Å²) >= 11 is 8.31. The van der Waals surface area contributed by atoms with Crippen LogP contribution in [0.5, 0.6) is 0 Å². The summed E-state index contributed by atoms with van der Waals surface area (Å²) in [5, 5.41) is 5.95. The van der Waals surface area contributed by atoms with Crippen LogP contribution < -0.4 is 10.6 Å². The third kappa shape index (κ3) is 2.97. The van der Waals surface area contributed by atoms with Crippen molar-refractivity contribution >= 4 is 64.6 Å². The highest BCUT2D eigenvalue weighted by molar-refractivity contribution is 9.11. The number of benzene rings is 1. The first kappa shape index (κ1) is 12.8. The van der Waals surface area contributed by atoms with Crippen molar-refractivity contribution in [2.75, 3.05) is 11.9 Å². The quantitative estimate of drug-likeness (QED) is 0.830. The van der Waals surface area contributed by atoms with Crippen molar-refractivity contribution in [2.24, 2.45) is 0 Å². The van der Waals surface area contributed by atoms with Crippen LogP contribution in [-0.4, -0.2) is 17.6 Å². The summed E-state index contributed by atoms with van der Waals surface area (Å²) in [6.07, 6.45) is 0. The van der Waals surface area contributed by atoms with Gasteiger partial charge in [0.05, 0.1) is 10.2 Å². The van der Waals surface area contributed by atoms with E-state index in [0.717, 1.165) is 19.2 Å². The lowest BCUT2D eigenvalue weighted by molar-refractivity contribution is 0.252. The van der Waals surface area contributed by atoms with Gasteiger partial charge in [-0.3, -0.25) is 5.32 Å². The molecule has 7 heteroatoms. The number of nitrogens with one attached hydrogen (secondary N) is 2. The van der Waals surface area contributed by atoms with Crippen molar-refractivity contribution in [3.63, 3.8) is 0 Å². The molecule has 0 bridgehead atoms. The van der Waals surface area contributed by atoms with Crippen LogP contribution in [-0.2, 0) is 0 Å². The van der Waals surface area contributed by atoms with Crippen molar-refractivity contribution in [3.05, 3.63) is 21.1 Å². The number of anilines is 1. The summed E-state index contributed by atoms with van der Waals surface area (Å²) in [5.41, 5.74) is 0.850. The zero-order chi connectivity index (χ0) is 12.4. The lowest BCUT2D eigenvalue weighted by Gasteiger charge is -2.00. The van der Waals surface area contributed by atoms with Crippen LogP contribution in [0.3, 0.4) is 0 Å². The van der Waals surface area contributed by atoms with Crippen molar-refractivity contribution < 1.29 is 4.79 Å². The van der Waals surface area contributed by atoms with E-state index in [1.54, 1.807) is 0 Å². The molecule has 0 saturated heterocycles. The summed E-state index contributed by atoms with van der Waals surface area (Å²) in [5.74, 6) is 0. The number of urea groups is 1. The number of aromatic nitrogens is 1. The maximum Gasteiger partial charge on any atom is 0.321 e. The minimum Gasteiger partial charge on any atom is -0.338 e. The summed E-state index contributed by atoms with van der Waals surface area (Å²) in [6.45, 7) is 2.46. The molecule has 1 heterocycles. The van der Waals surface area contributed by atoms with Crippen LogP contribution in [0.4, 0.5) is 9.93 Å². The Morgan fingerprint density at radius 3 is 2.94 bits per heavy atom. The van der Waals surface area contributed by atoms with Crippen LogP contribution in [0.15, 0.2) is 21.1 Å². The molecule has 0 aliphatic carbocycles. The van der Waals surface area contributed by atoms with Crippen molar-refractivity contribution in [1.29, 1.82) is 0 Å². The van der Waals surface area contributed by atoms with E-state index in [2.05, 4.69) is 47.5 Å². The second-order valence-electron chi connectivity index (χ2n) is 3.24. The summed E-state index contributed by atoms with van der Waals surface area (Å²) in [4.78, 5) is 15.7. The van der Waals surface area contributed by atoms with Crippen LogP contribution in [0.1, 0.15) is 6.92 Å². The molecule has 2 rings (SSSR count). The van der Waals surface area contributed by atoms with E-state index in [0.29, 0.717) is 11.7 Å². The minimum absolute atomic E-state index is 0.234. The van der Waals surface area contributed by atoms with E-state index in [-0.39, 0.29) is 6.03 Å². The van der Waals surface area contributed by atoms with E-state index in [1.165, 1.54) is 11.3 Å². The zero-order valence-corrected chi connectivity index (χ0v) is 12.9. The normalized spacial score (nSPS) is 10.5. The number of thiazole rings is 1. The van der Waals surface area contributed by atoms with Gasteiger partial charge in [0.15, 0.2) is 5.13 Å². The lowest BCUT2D eigenvalue weighted by atomic mass is 10.3. The second kappa shape index (κ2) is 5.32. The first-order valence-electron chi connectivity index (χ1n) is 4.90. The van der Waals surface area contributed by atoms with Crippen molar-refractivity contribution in [1.82, 2.24) is 10.3 Å². The molecule has 0 atom stereocenters. The van der Waals surface area contributed by atoms with Crippen LogP contribution in [0, 0.1) is 0 Å². The van der Waals surface area contributed by atoms with Gasteiger partial charge in [0.1, 0.15) is 0 Å². The van der Waals surface area contributed by atoms with Crippen LogP contribution in [0.2, 0.25) is 0 Å². The predicted molar refractivity (Wildman–Crippen MR) is 77.7 cm³/mol. The van der Waals surface area contributed by atoms with Crippen LogP contribution in [0.25, 0.3) is 10.2 Å². The largest absolute Gasteiger partial charge is 0.338 e. The molecule has 2 aromatic rings. The number of nitrogens with zero attached hydrogens (tertiary/aromatic N) is 1. The molecule has 1 aromatic carbocycles. The summed E-state index contributed by atoms with van der Waals surface area (Å²) < 4.78 is 2.93. The number of fused-ring (bicyclic) bond motifs is 1. The molecule has 90 valence electrons. The highest BCUT2D eigenvalue weighted by Crippen LogP contribution is 2.34. The number of carbonyl (C=O) groups excluding carboxylic acids is 1. The highest BCUT2D eigenvalue weighted by Gasteiger charge is 2.10. The fourth-order valence-electron chi connectivity index (χ4n) is 1.32. The molecule has 0 fully saturated rings. The van der Waals surface area contributed by atoms with E-state index >= 15 is 0 Å². The SMILES string of the molecule is CCNC(=O)Nc1nc2cc(Br)cc(Br)c2s1. The molecule has 2 N–H and O–H groups in total. The topological polar surface area (TPSA) is 54.0 Å². The number of amides is 2. The average Bonchev–Trinajstić information content (AvgIpc) is 2.60. The number of hydrogen-bond donors (Lipinski definition) is 2. The maximum absolute atomic E-state index is 11.4. The third-order valence-corrected chi connectivity index (χ3v) is 4.33. The molecule has 4 nitrogen and oxygen atoms in total. The first-order chi connectivity index (χ1) is 8.10. The molecule has 17 heavy (non-hydrogen) atoms. The van der Waals surface area contributed by atoms with Gasteiger partial charge in [0, 0.05) is 15.5 Å². The van der Waals surface area contributed by atoms with Gasteiger partial charge in [-0.1, -0.05) is 27.3 Å². The monoisotopic (exact) mass is 377 g/mol. The Labute approximate surface area is 119 Å². The van der Waals surface area contributed by atoms with E-state index in [9.17, 15) is 4.79 Å². The Morgan fingerprint density at radius 1 is 1.47 bits per heavy atom. The lowest BCUT2D eigenvalue weighted by Crippen LogP contribution is -2.28. The van der Waals surface area contributed by atoms with Gasteiger partial charge in [0.25, 0.3) is 0 Å². The Bertz CT molecular complexity index is 570. The van der Waals surface area contributed by atoms with Gasteiger partial charge in [-0.2, -0.15) is 0 Å². The van der Waals surface area contributed by atoms with Gasteiger partial charge in [-0.15, -0.1) is 0 Å². The molecule has 0 spiro atoms. The Kier molecular flexibility index (Phi) is 4.01. The average molecular weight is 379 g/mol. The maximum atomic E-state index is 11.4. The fourth-order valence-corrected chi connectivity index (χ4v) is 3.61. The molecule has 1 aromatic heterocycles. The first-order valence-corrected chi connectivity index (χ1v) is 7.31. The molecule has 0 radical (unpaired) electrons. The van der Waals surface area contributed by atoms with E-state index in [1.807, 2.05) is 19.1 Å². The molecular formula is C10H9Br2N3OS. The van der Waals surface area contributed by atoms with E-state index in [4.69, 9.17) is 0 Å². The van der Waals surface area contributed by atoms with Crippen LogP contribution >= 0.6 is 43.2 Å². The van der Waals surface area contributed by atoms with Gasteiger partial charge in [-0.25, -0.2) is 9.78 Å². The smallest absolute Gasteiger partial charge is 0.321 e. The Balaban J connectivity index is 2.32. The summed E-state index contributed by atoms with van der Waals surface area (Å²) in [7, 11) is 0. The van der Waals surface area contributed by atoms with Crippen molar-refractivity contribution in [2.45, 2.75) is 6.92 Å². The Hall–Kier alpha value is -0.660. The molecular weight excluding hydrogens is 370 g/mol. The third-order valence-electron chi connectivity index (χ3n) is 1.97. The van der Waals surface area contributed by atoms with E-state index < -0.39 is 0 Å². The number of halogens is 2. The molecule has 0 saturated carbocycles. The molecule has 0 aliphatic rings. The summed E-state index contributed by atoms with van der Waals surface area (Å²) in [6, 6.07) is 3.64. The molecule has 0 unspecified atom stereocenters. The van der Waals surface area contributed by atoms with Gasteiger partial charge in [0.2, 0.25) is 0 Å². The van der Waals surface area contributed by atoms with Gasteiger partial charge < -0.3 is 5.32 Å². The Morgan fingerprint density at radius 2 is 2.24 bits per heavy atom. The standard InChI is InChI=1S/C10H9Br2N3OS/c1-2-13-9(16)15-10-14-7-4-5(11)3-6(12)8(7)17-10/h3-4H,2H2,1H3,(H2,13,14,15,16). The fraction of sp³-hybridized carbons (Fsp3) is 0.200. The van der Waals surface area contributed by atoms with Crippen molar-refractivity contribution in [3.8, 4) is 0 Å². The van der Waals surface area contributed by atoms with Gasteiger partial charge >= 0.3 is 6.03 Å². The molecule has 0 aliphatic heterocycles. The van der Waals surface area contributed by atoms with Gasteiger partial charge in [-0.05, 0) is 35.0 Å². The predicted octanol–water partition coefficient (Wildman–Crippen LogP) is 3.96. The molecule has 2 amide bonds. The number of hydrogen-bond acceptors (Lipinski definition) is 3. The number of rotatable bonds is 2. The zero-order valence-electron chi connectivity index (χ0n) is 8.88. The number of carbonyl (C=O) groups is 1. The highest BCUT2D eigenvalue weighted by atomic mass is 79.9. The minimum atomic E-state index is -0.234. The second-order valence-corrected chi connectivity index (χ2v) is 6.01.